The zero-order valence-electron chi connectivity index (χ0n) is 26.3. The maximum absolute atomic E-state index is 14.4. The molecule has 44 heavy (non-hydrogen) atoms. The van der Waals surface area contributed by atoms with E-state index in [9.17, 15) is 14.4 Å². The molecule has 4 aliphatic rings. The molecule has 0 spiro atoms. The number of amides is 1. The number of fused-ring (bicyclic) bond motifs is 5. The zero-order chi connectivity index (χ0) is 31.2. The lowest BCUT2D eigenvalue weighted by molar-refractivity contribution is -0.158. The van der Waals surface area contributed by atoms with Gasteiger partial charge in [-0.3, -0.25) is 9.59 Å². The Labute approximate surface area is 258 Å². The normalized spacial score (nSPS) is 30.2. The highest BCUT2D eigenvalue weighted by Crippen LogP contribution is 2.47. The van der Waals surface area contributed by atoms with Gasteiger partial charge in [0, 0.05) is 12.0 Å². The Morgan fingerprint density at radius 2 is 1.80 bits per heavy atom. The number of carbonyl (C=O) groups is 3. The molecule has 0 unspecified atom stereocenters. The van der Waals surface area contributed by atoms with Crippen LogP contribution >= 0.6 is 0 Å². The standard InChI is InChI=1S/C34H43N3O7/c1-34(2,3)22-17-28(38)43-26-15-20(26)9-7-6-8-10-24-31(36-25-16-21(41-4)13-14-23(25)35-24)44-27-18-37(32(22)39)30(33(40)42-5)29(27)19-11-12-19/h8,10,13-14,16,19-20,22,26-27,29-30H,6-7,9,11-12,15,17-18H2,1-5H3/b10-8+/t20-,22-,26-,27+,29-,30+/m1/s1. The number of hydrogen-bond donors (Lipinski definition) is 0. The first kappa shape index (κ1) is 30.3. The first-order chi connectivity index (χ1) is 21.1. The fourth-order valence-corrected chi connectivity index (χ4v) is 6.84. The molecule has 0 N–H and O–H groups in total. The minimum absolute atomic E-state index is 0.0412. The van der Waals surface area contributed by atoms with Crippen LogP contribution in [-0.4, -0.2) is 71.7 Å². The van der Waals surface area contributed by atoms with Gasteiger partial charge < -0.3 is 23.8 Å². The first-order valence-electron chi connectivity index (χ1n) is 15.8. The summed E-state index contributed by atoms with van der Waals surface area (Å²) in [5.74, 6) is -0.501. The molecule has 1 saturated heterocycles. The molecular weight excluding hydrogens is 562 g/mol. The third kappa shape index (κ3) is 6.26. The summed E-state index contributed by atoms with van der Waals surface area (Å²) in [5.41, 5.74) is 1.40. The van der Waals surface area contributed by atoms with Crippen LogP contribution < -0.4 is 9.47 Å². The van der Waals surface area contributed by atoms with E-state index in [0.717, 1.165) is 38.5 Å². The van der Waals surface area contributed by atoms with Gasteiger partial charge in [-0.1, -0.05) is 26.8 Å². The van der Waals surface area contributed by atoms with Crippen LogP contribution in [0.1, 0.15) is 71.4 Å². The van der Waals surface area contributed by atoms with Gasteiger partial charge in [0.25, 0.3) is 0 Å². The number of aromatic nitrogens is 2. The first-order valence-corrected chi connectivity index (χ1v) is 15.8. The molecule has 1 aromatic heterocycles. The molecule has 0 radical (unpaired) electrons. The minimum atomic E-state index is -0.826. The van der Waals surface area contributed by atoms with Crippen LogP contribution in [0.2, 0.25) is 0 Å². The molecule has 2 saturated carbocycles. The van der Waals surface area contributed by atoms with Crippen LogP contribution in [0.15, 0.2) is 24.3 Å². The number of nitrogens with zero attached hydrogens (tertiary/aromatic N) is 3. The summed E-state index contributed by atoms with van der Waals surface area (Å²) in [5, 5.41) is 0. The van der Waals surface area contributed by atoms with E-state index in [1.807, 2.05) is 45.0 Å². The smallest absolute Gasteiger partial charge is 0.329 e. The van der Waals surface area contributed by atoms with Gasteiger partial charge in [-0.2, -0.15) is 0 Å². The molecule has 3 heterocycles. The van der Waals surface area contributed by atoms with Gasteiger partial charge in [0.2, 0.25) is 11.8 Å². The van der Waals surface area contributed by atoms with Gasteiger partial charge in [-0.15, -0.1) is 0 Å². The summed E-state index contributed by atoms with van der Waals surface area (Å²) >= 11 is 0. The average molecular weight is 606 g/mol. The van der Waals surface area contributed by atoms with Crippen molar-refractivity contribution in [1.29, 1.82) is 0 Å². The highest BCUT2D eigenvalue weighted by atomic mass is 16.6. The van der Waals surface area contributed by atoms with Crippen molar-refractivity contribution < 1.29 is 33.3 Å². The maximum Gasteiger partial charge on any atom is 0.329 e. The van der Waals surface area contributed by atoms with Gasteiger partial charge in [0.1, 0.15) is 29.7 Å². The number of benzene rings is 1. The molecule has 1 amide bonds. The molecule has 10 nitrogen and oxygen atoms in total. The fraction of sp³-hybridized carbons (Fsp3) is 0.618. The third-order valence-corrected chi connectivity index (χ3v) is 9.60. The molecule has 2 aromatic rings. The van der Waals surface area contributed by atoms with Crippen LogP contribution in [0.5, 0.6) is 11.6 Å². The second-order valence-electron chi connectivity index (χ2n) is 13.8. The summed E-state index contributed by atoms with van der Waals surface area (Å²) in [6.07, 6.45) is 8.83. The van der Waals surface area contributed by atoms with Crippen molar-refractivity contribution in [3.8, 4) is 11.6 Å². The highest BCUT2D eigenvalue weighted by molar-refractivity contribution is 5.89. The van der Waals surface area contributed by atoms with Crippen molar-refractivity contribution in [3.05, 3.63) is 30.0 Å². The monoisotopic (exact) mass is 605 g/mol. The van der Waals surface area contributed by atoms with E-state index in [1.165, 1.54) is 7.11 Å². The molecule has 2 aliphatic heterocycles. The number of hydrogen-bond acceptors (Lipinski definition) is 9. The predicted octanol–water partition coefficient (Wildman–Crippen LogP) is 4.98. The molecule has 1 aromatic carbocycles. The van der Waals surface area contributed by atoms with E-state index in [4.69, 9.17) is 28.9 Å². The molecule has 3 fully saturated rings. The summed E-state index contributed by atoms with van der Waals surface area (Å²) in [6, 6.07) is 4.72. The lowest BCUT2D eigenvalue weighted by Crippen LogP contribution is -2.49. The number of ether oxygens (including phenoxy) is 4. The molecule has 10 heteroatoms. The van der Waals surface area contributed by atoms with Crippen molar-refractivity contribution in [1.82, 2.24) is 14.9 Å². The second kappa shape index (κ2) is 12.0. The van der Waals surface area contributed by atoms with Crippen LogP contribution in [-0.2, 0) is 23.9 Å². The van der Waals surface area contributed by atoms with Crippen molar-refractivity contribution in [2.24, 2.45) is 29.1 Å². The molecular formula is C34H43N3O7. The third-order valence-electron chi connectivity index (χ3n) is 9.60. The topological polar surface area (TPSA) is 117 Å². The van der Waals surface area contributed by atoms with Gasteiger partial charge in [0.05, 0.1) is 44.1 Å². The van der Waals surface area contributed by atoms with Gasteiger partial charge in [-0.05, 0) is 74.0 Å². The van der Waals surface area contributed by atoms with Gasteiger partial charge in [-0.25, -0.2) is 14.8 Å². The lowest BCUT2D eigenvalue weighted by Gasteiger charge is -2.34. The Kier molecular flexibility index (Phi) is 8.28. The summed E-state index contributed by atoms with van der Waals surface area (Å²) in [7, 11) is 2.95. The Morgan fingerprint density at radius 1 is 1.00 bits per heavy atom. The quantitative estimate of drug-likeness (QED) is 0.447. The molecule has 6 rings (SSSR count). The fourth-order valence-electron chi connectivity index (χ4n) is 6.84. The van der Waals surface area contributed by atoms with Crippen LogP contribution in [0.4, 0.5) is 0 Å². The summed E-state index contributed by atoms with van der Waals surface area (Å²) < 4.78 is 23.2. The van der Waals surface area contributed by atoms with E-state index in [-0.39, 0.29) is 42.8 Å². The second-order valence-corrected chi connectivity index (χ2v) is 13.8. The lowest BCUT2D eigenvalue weighted by atomic mass is 9.77. The van der Waals surface area contributed by atoms with Crippen molar-refractivity contribution in [2.45, 2.75) is 84.0 Å². The minimum Gasteiger partial charge on any atom is -0.497 e. The predicted molar refractivity (Wildman–Crippen MR) is 163 cm³/mol. The average Bonchev–Trinajstić information content (AvgIpc) is 3.92. The van der Waals surface area contributed by atoms with Crippen LogP contribution in [0.3, 0.4) is 0 Å². The van der Waals surface area contributed by atoms with E-state index < -0.39 is 29.4 Å². The van der Waals surface area contributed by atoms with Gasteiger partial charge in [0.15, 0.2) is 0 Å². The zero-order valence-corrected chi connectivity index (χ0v) is 26.3. The largest absolute Gasteiger partial charge is 0.497 e. The Balaban J connectivity index is 1.42. The van der Waals surface area contributed by atoms with Crippen molar-refractivity contribution >= 4 is 35.0 Å². The Bertz CT molecular complexity index is 1460. The Morgan fingerprint density at radius 3 is 2.50 bits per heavy atom. The Hall–Kier alpha value is -3.69. The van der Waals surface area contributed by atoms with Crippen molar-refractivity contribution in [3.63, 3.8) is 0 Å². The van der Waals surface area contributed by atoms with E-state index in [1.54, 1.807) is 12.0 Å². The number of allylic oxidation sites excluding steroid dienone is 1. The SMILES string of the molecule is COC(=O)[C@@H]1[C@H](C2CC2)[C@@H]2CN1C(=O)[C@H](C(C)(C)C)CC(=O)O[C@@H]1C[C@H]1CCC/C=C/c1nc3ccc(OC)cc3nc1O2. The number of rotatable bonds is 3. The molecule has 6 atom stereocenters. The number of carbonyl (C=O) groups excluding carboxylic acids is 3. The maximum atomic E-state index is 14.4. The van der Waals surface area contributed by atoms with Gasteiger partial charge >= 0.3 is 11.9 Å². The molecule has 2 bridgehead atoms. The summed E-state index contributed by atoms with van der Waals surface area (Å²) in [4.78, 5) is 52.3. The highest BCUT2D eigenvalue weighted by Gasteiger charge is 2.57. The van der Waals surface area contributed by atoms with Crippen LogP contribution in [0, 0.1) is 29.1 Å². The number of methoxy groups -OCH3 is 2. The number of esters is 2. The van der Waals surface area contributed by atoms with Crippen LogP contribution in [0.25, 0.3) is 17.1 Å². The molecule has 236 valence electrons. The van der Waals surface area contributed by atoms with E-state index >= 15 is 0 Å². The van der Waals surface area contributed by atoms with Crippen molar-refractivity contribution in [2.75, 3.05) is 20.8 Å². The van der Waals surface area contributed by atoms with E-state index in [2.05, 4.69) is 6.08 Å². The summed E-state index contributed by atoms with van der Waals surface area (Å²) in [6.45, 7) is 6.01. The van der Waals surface area contributed by atoms with E-state index in [0.29, 0.717) is 34.3 Å². The molecule has 2 aliphatic carbocycles.